The van der Waals surface area contributed by atoms with Crippen LogP contribution in [-0.4, -0.2) is 43.7 Å². The average Bonchev–Trinajstić information content (AvgIpc) is 2.72. The van der Waals surface area contributed by atoms with Gasteiger partial charge < -0.3 is 10.4 Å². The number of carbonyl (C=O) groups excluding carboxylic acids is 2. The lowest BCUT2D eigenvalue weighted by Gasteiger charge is -2.60. The lowest BCUT2D eigenvalue weighted by Crippen LogP contribution is -2.70. The molecule has 2 fully saturated rings. The van der Waals surface area contributed by atoms with Crippen LogP contribution in [0, 0.1) is 10.4 Å². The molecule has 2 heterocycles. The zero-order valence-corrected chi connectivity index (χ0v) is 24.2. The second-order valence-electron chi connectivity index (χ2n) is 13.6. The molecule has 0 aromatic carbocycles. The van der Waals surface area contributed by atoms with Gasteiger partial charge in [-0.1, -0.05) is 25.7 Å². The van der Waals surface area contributed by atoms with Gasteiger partial charge >= 0.3 is 11.9 Å². The molecular weight excluding hydrogens is 460 g/mol. The fourth-order valence-electron chi connectivity index (χ4n) is 6.25. The van der Waals surface area contributed by atoms with Gasteiger partial charge in [-0.15, -0.1) is 0 Å². The van der Waals surface area contributed by atoms with Crippen LogP contribution in [0.25, 0.3) is 0 Å². The molecule has 0 radical (unpaired) electrons. The van der Waals surface area contributed by atoms with E-state index in [-0.39, 0.29) is 12.8 Å². The van der Waals surface area contributed by atoms with Crippen molar-refractivity contribution in [2.45, 2.75) is 167 Å². The van der Waals surface area contributed by atoms with E-state index in [9.17, 15) is 20.0 Å². The SMILES string of the molecule is CC1(C)CCCC(C)(C)[N+]1([O-])OC(=O)CCCCCCCCC(=O)O[N+]1([O-])C(C)(C)CCCC1(C)C. The second kappa shape index (κ2) is 11.3. The van der Waals surface area contributed by atoms with Gasteiger partial charge in [-0.05, 0) is 81.1 Å². The molecule has 0 N–H and O–H groups in total. The summed E-state index contributed by atoms with van der Waals surface area (Å²) in [5.41, 5.74) is -2.59. The summed E-state index contributed by atoms with van der Waals surface area (Å²) in [7, 11) is 0. The number of hydroxylamine groups is 8. The van der Waals surface area contributed by atoms with Crippen molar-refractivity contribution in [3.05, 3.63) is 10.4 Å². The van der Waals surface area contributed by atoms with Crippen molar-refractivity contribution in [2.75, 3.05) is 0 Å². The first-order valence-electron chi connectivity index (χ1n) is 14.1. The zero-order valence-electron chi connectivity index (χ0n) is 24.2. The second-order valence-corrected chi connectivity index (χ2v) is 13.6. The van der Waals surface area contributed by atoms with Gasteiger partial charge in [0, 0.05) is 25.7 Å². The smallest absolute Gasteiger partial charge is 0.367 e. The normalized spacial score (nSPS) is 25.1. The van der Waals surface area contributed by atoms with Gasteiger partial charge in [0.25, 0.3) is 0 Å². The quantitative estimate of drug-likeness (QED) is 0.166. The zero-order chi connectivity index (χ0) is 27.5. The van der Waals surface area contributed by atoms with Crippen LogP contribution in [0.3, 0.4) is 0 Å². The number of carbonyl (C=O) groups is 2. The number of nitrogens with zero attached hydrogens (tertiary/aromatic N) is 2. The molecule has 0 unspecified atom stereocenters. The molecule has 8 nitrogen and oxygen atoms in total. The maximum absolute atomic E-state index is 13.6. The fraction of sp³-hybridized carbons (Fsp3) is 0.929. The van der Waals surface area contributed by atoms with Crippen molar-refractivity contribution in [1.82, 2.24) is 0 Å². The van der Waals surface area contributed by atoms with E-state index in [4.69, 9.17) is 9.68 Å². The third-order valence-corrected chi connectivity index (χ3v) is 8.81. The Bertz CT molecular complexity index is 678. The van der Waals surface area contributed by atoms with Crippen LogP contribution in [0.15, 0.2) is 0 Å². The van der Waals surface area contributed by atoms with Crippen LogP contribution < -0.4 is 0 Å². The summed E-state index contributed by atoms with van der Waals surface area (Å²) in [6, 6.07) is 0. The summed E-state index contributed by atoms with van der Waals surface area (Å²) in [5.74, 6) is -0.844. The van der Waals surface area contributed by atoms with Crippen LogP contribution in [0.1, 0.15) is 145 Å². The highest BCUT2D eigenvalue weighted by Crippen LogP contribution is 2.46. The van der Waals surface area contributed by atoms with Gasteiger partial charge in [0.2, 0.25) is 0 Å². The number of rotatable bonds is 11. The molecule has 0 saturated carbocycles. The van der Waals surface area contributed by atoms with E-state index >= 15 is 0 Å². The molecule has 2 aliphatic heterocycles. The average molecular weight is 513 g/mol. The van der Waals surface area contributed by atoms with E-state index in [2.05, 4.69) is 0 Å². The highest BCUT2D eigenvalue weighted by atomic mass is 17.0. The van der Waals surface area contributed by atoms with Crippen LogP contribution in [-0.2, 0) is 19.3 Å². The summed E-state index contributed by atoms with van der Waals surface area (Å²) in [5, 5.41) is 27.1. The fourth-order valence-corrected chi connectivity index (χ4v) is 6.25. The minimum absolute atomic E-state index is 0.246. The van der Waals surface area contributed by atoms with Gasteiger partial charge in [-0.2, -0.15) is 9.62 Å². The summed E-state index contributed by atoms with van der Waals surface area (Å²) < 4.78 is 0. The standard InChI is InChI=1S/C28H52N2O6/c1-25(2)19-15-20-26(3,4)29(25,33)35-23(31)17-13-11-9-10-12-14-18-24(32)36-30(34)27(5,6)21-16-22-28(30,7)8/h9-22H2,1-8H3. The number of hydrogen-bond donors (Lipinski definition) is 0. The molecule has 0 atom stereocenters. The highest BCUT2D eigenvalue weighted by Gasteiger charge is 2.56. The van der Waals surface area contributed by atoms with Crippen molar-refractivity contribution < 1.29 is 28.9 Å². The summed E-state index contributed by atoms with van der Waals surface area (Å²) in [6.45, 7) is 15.1. The summed E-state index contributed by atoms with van der Waals surface area (Å²) >= 11 is 0. The monoisotopic (exact) mass is 512 g/mol. The molecule has 36 heavy (non-hydrogen) atoms. The Morgan fingerprint density at radius 1 is 0.556 bits per heavy atom. The summed E-state index contributed by atoms with van der Waals surface area (Å²) in [6.07, 6.45) is 10.4. The van der Waals surface area contributed by atoms with Crippen molar-refractivity contribution in [2.24, 2.45) is 0 Å². The molecule has 2 saturated heterocycles. The van der Waals surface area contributed by atoms with Gasteiger partial charge in [-0.25, -0.2) is 9.59 Å². The van der Waals surface area contributed by atoms with Crippen molar-refractivity contribution >= 4 is 11.9 Å². The molecule has 0 aliphatic carbocycles. The minimum atomic E-state index is -0.910. The molecule has 0 amide bonds. The molecular formula is C28H52N2O6. The molecule has 0 bridgehead atoms. The topological polar surface area (TPSA) is 98.7 Å². The third-order valence-electron chi connectivity index (χ3n) is 8.81. The molecule has 8 heteroatoms. The molecule has 0 aromatic rings. The molecule has 0 spiro atoms. The minimum Gasteiger partial charge on any atom is -0.588 e. The lowest BCUT2D eigenvalue weighted by molar-refractivity contribution is -1.13. The van der Waals surface area contributed by atoms with E-state index in [1.807, 2.05) is 55.4 Å². The molecule has 2 rings (SSSR count). The highest BCUT2D eigenvalue weighted by molar-refractivity contribution is 5.69. The predicted octanol–water partition coefficient (Wildman–Crippen LogP) is 7.14. The van der Waals surface area contributed by atoms with Crippen molar-refractivity contribution in [1.29, 1.82) is 0 Å². The first-order chi connectivity index (χ1) is 16.4. The van der Waals surface area contributed by atoms with Gasteiger partial charge in [-0.3, -0.25) is 9.68 Å². The van der Waals surface area contributed by atoms with E-state index in [1.165, 1.54) is 0 Å². The Kier molecular flexibility index (Phi) is 9.70. The first-order valence-corrected chi connectivity index (χ1v) is 14.1. The number of quaternary nitrogens is 2. The maximum atomic E-state index is 13.6. The Morgan fingerprint density at radius 2 is 0.806 bits per heavy atom. The molecule has 210 valence electrons. The number of unbranched alkanes of at least 4 members (excludes halogenated alkanes) is 5. The van der Waals surface area contributed by atoms with Gasteiger partial charge in [0.1, 0.15) is 22.2 Å². The Morgan fingerprint density at radius 3 is 1.08 bits per heavy atom. The predicted molar refractivity (Wildman–Crippen MR) is 140 cm³/mol. The molecule has 0 aromatic heterocycles. The Labute approximate surface area is 218 Å². The summed E-state index contributed by atoms with van der Waals surface area (Å²) in [4.78, 5) is 34.2. The van der Waals surface area contributed by atoms with Crippen LogP contribution in [0.5, 0.6) is 0 Å². The Hall–Kier alpha value is -1.22. The van der Waals surface area contributed by atoms with Crippen molar-refractivity contribution in [3.63, 3.8) is 0 Å². The van der Waals surface area contributed by atoms with E-state index in [1.54, 1.807) is 0 Å². The lowest BCUT2D eigenvalue weighted by atomic mass is 9.81. The largest absolute Gasteiger partial charge is 0.588 e. The number of piperidine rings is 2. The van der Waals surface area contributed by atoms with Gasteiger partial charge in [0.05, 0.1) is 12.8 Å². The van der Waals surface area contributed by atoms with Gasteiger partial charge in [0.15, 0.2) is 0 Å². The van der Waals surface area contributed by atoms with Crippen LogP contribution in [0.2, 0.25) is 0 Å². The third kappa shape index (κ3) is 6.43. The number of hydrogen-bond acceptors (Lipinski definition) is 6. The van der Waals surface area contributed by atoms with E-state index in [0.29, 0.717) is 12.8 Å². The van der Waals surface area contributed by atoms with Crippen LogP contribution >= 0.6 is 0 Å². The molecule has 2 aliphatic rings. The maximum Gasteiger partial charge on any atom is 0.367 e. The van der Waals surface area contributed by atoms with Crippen molar-refractivity contribution in [3.8, 4) is 0 Å². The first kappa shape index (κ1) is 31.0. The van der Waals surface area contributed by atoms with Crippen LogP contribution in [0.4, 0.5) is 0 Å². The Balaban J connectivity index is 1.65. The van der Waals surface area contributed by atoms with E-state index in [0.717, 1.165) is 64.2 Å². The van der Waals surface area contributed by atoms with E-state index < -0.39 is 43.7 Å².